The number of aromatic amines is 2. The minimum Gasteiger partial charge on any atom is -0.324 e. The highest BCUT2D eigenvalue weighted by Crippen LogP contribution is 2.25. The Kier molecular flexibility index (Phi) is 4.15. The molecule has 8 heteroatoms. The molecule has 7 nitrogen and oxygen atoms in total. The molecule has 1 aromatic heterocycles. The van der Waals surface area contributed by atoms with Gasteiger partial charge in [-0.3, -0.25) is 4.98 Å². The Labute approximate surface area is 131 Å². The lowest BCUT2D eigenvalue weighted by Gasteiger charge is -2.30. The van der Waals surface area contributed by atoms with Crippen LogP contribution < -0.4 is 11.0 Å². The lowest BCUT2D eigenvalue weighted by atomic mass is 9.96. The number of rotatable bonds is 2. The first-order valence-electron chi connectivity index (χ1n) is 7.08. The molecule has 2 amide bonds. The molecule has 3 rings (SSSR count). The van der Waals surface area contributed by atoms with Gasteiger partial charge in [-0.2, -0.15) is 5.10 Å². The number of hydrogen-bond donors (Lipinski definition) is 3. The van der Waals surface area contributed by atoms with Crippen LogP contribution >= 0.6 is 11.6 Å². The summed E-state index contributed by atoms with van der Waals surface area (Å²) in [6, 6.07) is 6.91. The summed E-state index contributed by atoms with van der Waals surface area (Å²) >= 11 is 5.90. The Hall–Kier alpha value is -2.28. The second-order valence-electron chi connectivity index (χ2n) is 5.26. The number of aromatic nitrogens is 3. The highest BCUT2D eigenvalue weighted by molar-refractivity contribution is 6.30. The average molecular weight is 322 g/mol. The van der Waals surface area contributed by atoms with Crippen LogP contribution in [0.1, 0.15) is 24.6 Å². The van der Waals surface area contributed by atoms with E-state index in [-0.39, 0.29) is 17.6 Å². The maximum atomic E-state index is 12.2. The molecule has 2 aromatic rings. The topological polar surface area (TPSA) is 93.9 Å². The molecule has 0 unspecified atom stereocenters. The quantitative estimate of drug-likeness (QED) is 0.791. The zero-order valence-electron chi connectivity index (χ0n) is 11.8. The SMILES string of the molecule is O=C(Nc1cccc(Cl)c1)N1CCC(c2n[nH]c(=O)[nH]2)CC1. The summed E-state index contributed by atoms with van der Waals surface area (Å²) < 4.78 is 0. The van der Waals surface area contributed by atoms with Crippen molar-refractivity contribution in [2.24, 2.45) is 0 Å². The predicted molar refractivity (Wildman–Crippen MR) is 83.2 cm³/mol. The molecule has 0 atom stereocenters. The molecule has 116 valence electrons. The van der Waals surface area contributed by atoms with Crippen molar-refractivity contribution in [3.05, 3.63) is 45.6 Å². The first-order valence-corrected chi connectivity index (χ1v) is 7.46. The van der Waals surface area contributed by atoms with E-state index in [0.717, 1.165) is 12.8 Å². The number of carbonyl (C=O) groups is 1. The molecule has 0 radical (unpaired) electrons. The Morgan fingerprint density at radius 3 is 2.77 bits per heavy atom. The number of halogens is 1. The van der Waals surface area contributed by atoms with E-state index in [1.54, 1.807) is 29.2 Å². The molecule has 2 heterocycles. The molecule has 1 aliphatic heterocycles. The number of hydrogen-bond acceptors (Lipinski definition) is 3. The van der Waals surface area contributed by atoms with Gasteiger partial charge in [0.15, 0.2) is 0 Å². The highest BCUT2D eigenvalue weighted by atomic mass is 35.5. The van der Waals surface area contributed by atoms with Crippen molar-refractivity contribution >= 4 is 23.3 Å². The van der Waals surface area contributed by atoms with E-state index in [9.17, 15) is 9.59 Å². The third-order valence-corrected chi connectivity index (χ3v) is 4.00. The summed E-state index contributed by atoms with van der Waals surface area (Å²) in [5, 5.41) is 9.75. The monoisotopic (exact) mass is 321 g/mol. The van der Waals surface area contributed by atoms with Gasteiger partial charge >= 0.3 is 11.7 Å². The van der Waals surface area contributed by atoms with Gasteiger partial charge in [0.1, 0.15) is 5.82 Å². The molecule has 22 heavy (non-hydrogen) atoms. The van der Waals surface area contributed by atoms with Crippen molar-refractivity contribution in [2.45, 2.75) is 18.8 Å². The first kappa shape index (κ1) is 14.6. The molecular formula is C14H16ClN5O2. The van der Waals surface area contributed by atoms with Gasteiger partial charge in [-0.15, -0.1) is 0 Å². The number of nitrogens with zero attached hydrogens (tertiary/aromatic N) is 2. The van der Waals surface area contributed by atoms with Crippen molar-refractivity contribution in [3.63, 3.8) is 0 Å². The number of likely N-dealkylation sites (tertiary alicyclic amines) is 1. The molecule has 0 aliphatic carbocycles. The maximum Gasteiger partial charge on any atom is 0.340 e. The van der Waals surface area contributed by atoms with Gasteiger partial charge in [-0.25, -0.2) is 14.7 Å². The number of carbonyl (C=O) groups excluding carboxylic acids is 1. The predicted octanol–water partition coefficient (Wildman–Crippen LogP) is 2.16. The second kappa shape index (κ2) is 6.23. The number of piperidine rings is 1. The maximum absolute atomic E-state index is 12.2. The first-order chi connectivity index (χ1) is 10.6. The van der Waals surface area contributed by atoms with Gasteiger partial charge in [0.25, 0.3) is 0 Å². The molecular weight excluding hydrogens is 306 g/mol. The number of amides is 2. The van der Waals surface area contributed by atoms with Gasteiger partial charge in [0.2, 0.25) is 0 Å². The molecule has 0 spiro atoms. The third kappa shape index (κ3) is 3.30. The van der Waals surface area contributed by atoms with Crippen LogP contribution in [0.15, 0.2) is 29.1 Å². The summed E-state index contributed by atoms with van der Waals surface area (Å²) in [5.74, 6) is 0.842. The van der Waals surface area contributed by atoms with Crippen molar-refractivity contribution in [1.82, 2.24) is 20.1 Å². The number of urea groups is 1. The fourth-order valence-electron chi connectivity index (χ4n) is 2.60. The van der Waals surface area contributed by atoms with Crippen LogP contribution in [0.3, 0.4) is 0 Å². The fourth-order valence-corrected chi connectivity index (χ4v) is 2.79. The number of nitrogens with one attached hydrogen (secondary N) is 3. The van der Waals surface area contributed by atoms with Crippen molar-refractivity contribution in [1.29, 1.82) is 0 Å². The second-order valence-corrected chi connectivity index (χ2v) is 5.70. The van der Waals surface area contributed by atoms with Gasteiger partial charge < -0.3 is 10.2 Å². The van der Waals surface area contributed by atoms with Crippen molar-refractivity contribution in [2.75, 3.05) is 18.4 Å². The average Bonchev–Trinajstić information content (AvgIpc) is 2.94. The molecule has 3 N–H and O–H groups in total. The summed E-state index contributed by atoms with van der Waals surface area (Å²) in [4.78, 5) is 27.7. The zero-order valence-corrected chi connectivity index (χ0v) is 12.6. The summed E-state index contributed by atoms with van der Waals surface area (Å²) in [6.45, 7) is 1.23. The minimum absolute atomic E-state index is 0.142. The number of H-pyrrole nitrogens is 2. The molecule has 1 aromatic carbocycles. The van der Waals surface area contributed by atoms with E-state index in [2.05, 4.69) is 20.5 Å². The lowest BCUT2D eigenvalue weighted by molar-refractivity contribution is 0.193. The molecule has 0 saturated carbocycles. The van der Waals surface area contributed by atoms with Gasteiger partial charge in [0.05, 0.1) is 0 Å². The Morgan fingerprint density at radius 2 is 2.14 bits per heavy atom. The zero-order chi connectivity index (χ0) is 15.5. The largest absolute Gasteiger partial charge is 0.340 e. The van der Waals surface area contributed by atoms with Gasteiger partial charge in [-0.05, 0) is 31.0 Å². The summed E-state index contributed by atoms with van der Waals surface area (Å²) in [7, 11) is 0. The van der Waals surface area contributed by atoms with Crippen LogP contribution in [0.25, 0.3) is 0 Å². The van der Waals surface area contributed by atoms with Crippen LogP contribution in [-0.4, -0.2) is 39.2 Å². The smallest absolute Gasteiger partial charge is 0.324 e. The van der Waals surface area contributed by atoms with Crippen LogP contribution in [0.2, 0.25) is 5.02 Å². The highest BCUT2D eigenvalue weighted by Gasteiger charge is 2.25. The van der Waals surface area contributed by atoms with Crippen molar-refractivity contribution in [3.8, 4) is 0 Å². The van der Waals surface area contributed by atoms with E-state index in [0.29, 0.717) is 29.6 Å². The van der Waals surface area contributed by atoms with Crippen LogP contribution in [0, 0.1) is 0 Å². The Bertz CT molecular complexity index is 718. The Balaban J connectivity index is 1.56. The lowest BCUT2D eigenvalue weighted by Crippen LogP contribution is -2.40. The molecule has 0 bridgehead atoms. The molecule has 1 saturated heterocycles. The van der Waals surface area contributed by atoms with E-state index < -0.39 is 0 Å². The van der Waals surface area contributed by atoms with Crippen LogP contribution in [0.4, 0.5) is 10.5 Å². The molecule has 1 aliphatic rings. The third-order valence-electron chi connectivity index (χ3n) is 3.76. The van der Waals surface area contributed by atoms with Gasteiger partial charge in [0, 0.05) is 29.7 Å². The van der Waals surface area contributed by atoms with E-state index >= 15 is 0 Å². The van der Waals surface area contributed by atoms with E-state index in [4.69, 9.17) is 11.6 Å². The van der Waals surface area contributed by atoms with E-state index in [1.807, 2.05) is 0 Å². The van der Waals surface area contributed by atoms with Crippen LogP contribution in [0.5, 0.6) is 0 Å². The van der Waals surface area contributed by atoms with E-state index in [1.165, 1.54) is 0 Å². The summed E-state index contributed by atoms with van der Waals surface area (Å²) in [5.41, 5.74) is 0.382. The number of anilines is 1. The normalized spacial score (nSPS) is 15.8. The van der Waals surface area contributed by atoms with Gasteiger partial charge in [-0.1, -0.05) is 17.7 Å². The Morgan fingerprint density at radius 1 is 1.36 bits per heavy atom. The standard InChI is InChI=1S/C14H16ClN5O2/c15-10-2-1-3-11(8-10)16-14(22)20-6-4-9(5-7-20)12-17-13(21)19-18-12/h1-3,8-9H,4-7H2,(H,16,22)(H2,17,18,19,21). The fraction of sp³-hybridized carbons (Fsp3) is 0.357. The van der Waals surface area contributed by atoms with Crippen molar-refractivity contribution < 1.29 is 4.79 Å². The summed E-state index contributed by atoms with van der Waals surface area (Å²) in [6.07, 6.45) is 1.54. The molecule has 1 fully saturated rings. The van der Waals surface area contributed by atoms with Crippen LogP contribution in [-0.2, 0) is 0 Å². The number of benzene rings is 1. The minimum atomic E-state index is -0.295.